The Morgan fingerprint density at radius 2 is 2.25 bits per heavy atom. The number of piperidine rings is 1. The van der Waals surface area contributed by atoms with Crippen molar-refractivity contribution in [1.29, 1.82) is 0 Å². The number of hydrogen-bond acceptors (Lipinski definition) is 6. The summed E-state index contributed by atoms with van der Waals surface area (Å²) >= 11 is 0. The van der Waals surface area contributed by atoms with Gasteiger partial charge in [-0.3, -0.25) is 10.1 Å². The van der Waals surface area contributed by atoms with Gasteiger partial charge in [0.15, 0.2) is 0 Å². The molecule has 0 bridgehead atoms. The second kappa shape index (κ2) is 6.04. The molecule has 1 atom stereocenters. The molecule has 0 amide bonds. The van der Waals surface area contributed by atoms with Gasteiger partial charge in [0.2, 0.25) is 0 Å². The lowest BCUT2D eigenvalue weighted by molar-refractivity contribution is -0.384. The molecule has 7 heteroatoms. The van der Waals surface area contributed by atoms with Crippen LogP contribution in [-0.2, 0) is 0 Å². The molecule has 1 fully saturated rings. The first kappa shape index (κ1) is 14.5. The molecule has 110 valence electrons. The number of rotatable bonds is 4. The predicted octanol–water partition coefficient (Wildman–Crippen LogP) is 1.56. The van der Waals surface area contributed by atoms with Crippen LogP contribution in [0.4, 0.5) is 17.3 Å². The summed E-state index contributed by atoms with van der Waals surface area (Å²) in [4.78, 5) is 19.4. The molecule has 0 radical (unpaired) electrons. The molecule has 0 aliphatic carbocycles. The number of aromatic nitrogens is 1. The van der Waals surface area contributed by atoms with Gasteiger partial charge in [-0.2, -0.15) is 0 Å². The van der Waals surface area contributed by atoms with Crippen LogP contribution in [0.25, 0.3) is 0 Å². The third-order valence-corrected chi connectivity index (χ3v) is 3.71. The van der Waals surface area contributed by atoms with Gasteiger partial charge in [0, 0.05) is 26.2 Å². The van der Waals surface area contributed by atoms with Crippen molar-refractivity contribution in [2.24, 2.45) is 0 Å². The van der Waals surface area contributed by atoms with E-state index in [0.29, 0.717) is 17.7 Å². The predicted molar refractivity (Wildman–Crippen MR) is 79.4 cm³/mol. The zero-order chi connectivity index (χ0) is 14.7. The molecule has 1 unspecified atom stereocenters. The first-order valence-electron chi connectivity index (χ1n) is 6.77. The highest BCUT2D eigenvalue weighted by Crippen LogP contribution is 2.26. The van der Waals surface area contributed by atoms with Crippen LogP contribution in [-0.4, -0.2) is 55.1 Å². The molecule has 1 aromatic rings. The summed E-state index contributed by atoms with van der Waals surface area (Å²) in [5, 5.41) is 13.9. The van der Waals surface area contributed by atoms with E-state index >= 15 is 0 Å². The normalized spacial score (nSPS) is 19.2. The van der Waals surface area contributed by atoms with Crippen molar-refractivity contribution in [3.8, 4) is 0 Å². The number of pyridine rings is 1. The first-order valence-corrected chi connectivity index (χ1v) is 6.77. The minimum absolute atomic E-state index is 0.0753. The molecule has 20 heavy (non-hydrogen) atoms. The molecule has 7 nitrogen and oxygen atoms in total. The number of anilines is 2. The van der Waals surface area contributed by atoms with Crippen LogP contribution >= 0.6 is 0 Å². The second-order valence-electron chi connectivity index (χ2n) is 5.28. The maximum atomic E-state index is 11.0. The minimum Gasteiger partial charge on any atom is -0.373 e. The third-order valence-electron chi connectivity index (χ3n) is 3.71. The maximum absolute atomic E-state index is 11.0. The summed E-state index contributed by atoms with van der Waals surface area (Å²) in [5.74, 6) is 1.20. The van der Waals surface area contributed by atoms with Gasteiger partial charge >= 0.3 is 0 Å². The Bertz CT molecular complexity index is 492. The molecule has 0 aromatic carbocycles. The summed E-state index contributed by atoms with van der Waals surface area (Å²) in [7, 11) is 5.84. The van der Waals surface area contributed by atoms with E-state index in [1.54, 1.807) is 13.1 Å². The smallest absolute Gasteiger partial charge is 0.276 e. The Morgan fingerprint density at radius 1 is 1.50 bits per heavy atom. The Hall–Kier alpha value is -1.89. The summed E-state index contributed by atoms with van der Waals surface area (Å²) in [6.07, 6.45) is 2.22. The molecule has 1 saturated heterocycles. The monoisotopic (exact) mass is 279 g/mol. The summed E-state index contributed by atoms with van der Waals surface area (Å²) < 4.78 is 0. The molecule has 2 rings (SSSR count). The minimum atomic E-state index is -0.376. The Kier molecular flexibility index (Phi) is 4.39. The van der Waals surface area contributed by atoms with Crippen molar-refractivity contribution in [1.82, 2.24) is 9.88 Å². The van der Waals surface area contributed by atoms with Crippen LogP contribution in [0.1, 0.15) is 12.8 Å². The highest BCUT2D eigenvalue weighted by atomic mass is 16.6. The zero-order valence-corrected chi connectivity index (χ0v) is 12.2. The lowest BCUT2D eigenvalue weighted by Crippen LogP contribution is -2.45. The summed E-state index contributed by atoms with van der Waals surface area (Å²) in [6.45, 7) is 1.74. The molecule has 1 aliphatic rings. The van der Waals surface area contributed by atoms with Crippen molar-refractivity contribution in [3.05, 3.63) is 22.2 Å². The van der Waals surface area contributed by atoms with Gasteiger partial charge in [-0.25, -0.2) is 4.98 Å². The summed E-state index contributed by atoms with van der Waals surface area (Å²) in [6, 6.07) is 3.47. The van der Waals surface area contributed by atoms with E-state index in [0.717, 1.165) is 25.9 Å². The molecule has 1 N–H and O–H groups in total. The lowest BCUT2D eigenvalue weighted by Gasteiger charge is -2.36. The van der Waals surface area contributed by atoms with Crippen molar-refractivity contribution in [2.45, 2.75) is 18.9 Å². The van der Waals surface area contributed by atoms with Gasteiger partial charge < -0.3 is 15.1 Å². The van der Waals surface area contributed by atoms with Crippen molar-refractivity contribution in [3.63, 3.8) is 0 Å². The molecule has 0 saturated carbocycles. The molecule has 2 heterocycles. The number of nitro groups is 1. The summed E-state index contributed by atoms with van der Waals surface area (Å²) in [5.41, 5.74) is 0.0753. The van der Waals surface area contributed by atoms with Gasteiger partial charge in [-0.05, 0) is 26.9 Å². The van der Waals surface area contributed by atoms with E-state index in [9.17, 15) is 10.1 Å². The average Bonchev–Trinajstić information content (AvgIpc) is 2.46. The van der Waals surface area contributed by atoms with Crippen molar-refractivity contribution < 1.29 is 4.92 Å². The lowest BCUT2D eigenvalue weighted by atomic mass is 10.0. The standard InChI is InChI=1S/C13H21N5O2/c1-14-12-7-11(18(19)20)8-13(15-12)17-6-4-5-10(9-17)16(2)3/h7-8,10H,4-6,9H2,1-3H3,(H,14,15). The van der Waals surface area contributed by atoms with Gasteiger partial charge in [-0.15, -0.1) is 0 Å². The van der Waals surface area contributed by atoms with E-state index < -0.39 is 0 Å². The fraction of sp³-hybridized carbons (Fsp3) is 0.615. The maximum Gasteiger partial charge on any atom is 0.276 e. The van der Waals surface area contributed by atoms with Crippen LogP contribution < -0.4 is 10.2 Å². The van der Waals surface area contributed by atoms with Crippen LogP contribution in [0.2, 0.25) is 0 Å². The zero-order valence-electron chi connectivity index (χ0n) is 12.2. The van der Waals surface area contributed by atoms with Gasteiger partial charge in [-0.1, -0.05) is 0 Å². The molecule has 1 aromatic heterocycles. The van der Waals surface area contributed by atoms with Crippen LogP contribution in [0, 0.1) is 10.1 Å². The highest BCUT2D eigenvalue weighted by Gasteiger charge is 2.24. The Labute approximate surface area is 118 Å². The van der Waals surface area contributed by atoms with Crippen LogP contribution in [0.5, 0.6) is 0 Å². The molecular formula is C13H21N5O2. The van der Waals surface area contributed by atoms with E-state index in [1.807, 2.05) is 0 Å². The van der Waals surface area contributed by atoms with Gasteiger partial charge in [0.05, 0.1) is 17.1 Å². The highest BCUT2D eigenvalue weighted by molar-refractivity contribution is 5.56. The van der Waals surface area contributed by atoms with Crippen LogP contribution in [0.15, 0.2) is 12.1 Å². The molecule has 1 aliphatic heterocycles. The van der Waals surface area contributed by atoms with Gasteiger partial charge in [0.25, 0.3) is 5.69 Å². The average molecular weight is 279 g/mol. The van der Waals surface area contributed by atoms with E-state index in [4.69, 9.17) is 0 Å². The fourth-order valence-electron chi connectivity index (χ4n) is 2.48. The Morgan fingerprint density at radius 3 is 2.85 bits per heavy atom. The van der Waals surface area contributed by atoms with Gasteiger partial charge in [0.1, 0.15) is 11.6 Å². The quantitative estimate of drug-likeness (QED) is 0.666. The topological polar surface area (TPSA) is 74.5 Å². The molecular weight excluding hydrogens is 258 g/mol. The Balaban J connectivity index is 2.26. The van der Waals surface area contributed by atoms with Crippen molar-refractivity contribution in [2.75, 3.05) is 44.4 Å². The number of nitrogens with zero attached hydrogens (tertiary/aromatic N) is 4. The van der Waals surface area contributed by atoms with E-state index in [2.05, 4.69) is 34.2 Å². The molecule has 0 spiro atoms. The number of nitrogens with one attached hydrogen (secondary N) is 1. The van der Waals surface area contributed by atoms with E-state index in [1.165, 1.54) is 6.07 Å². The SMILES string of the molecule is CNc1cc([N+](=O)[O-])cc(N2CCCC(N(C)C)C2)n1. The number of hydrogen-bond donors (Lipinski definition) is 1. The second-order valence-corrected chi connectivity index (χ2v) is 5.28. The third kappa shape index (κ3) is 3.16. The van der Waals surface area contributed by atoms with E-state index in [-0.39, 0.29) is 10.6 Å². The number of likely N-dealkylation sites (N-methyl/N-ethyl adjacent to an activating group) is 1. The van der Waals surface area contributed by atoms with Crippen molar-refractivity contribution >= 4 is 17.3 Å². The largest absolute Gasteiger partial charge is 0.373 e. The first-order chi connectivity index (χ1) is 9.51. The van der Waals surface area contributed by atoms with Crippen LogP contribution in [0.3, 0.4) is 0 Å². The fourth-order valence-corrected chi connectivity index (χ4v) is 2.48.